The van der Waals surface area contributed by atoms with Gasteiger partial charge < -0.3 is 25.0 Å². The van der Waals surface area contributed by atoms with Gasteiger partial charge in [-0.15, -0.1) is 0 Å². The number of benzene rings is 1. The minimum absolute atomic E-state index is 0.0630. The zero-order valence-electron chi connectivity index (χ0n) is 15.5. The van der Waals surface area contributed by atoms with Crippen LogP contribution >= 0.6 is 0 Å². The molecule has 2 unspecified atom stereocenters. The van der Waals surface area contributed by atoms with Crippen LogP contribution in [0.3, 0.4) is 0 Å². The van der Waals surface area contributed by atoms with Crippen LogP contribution in [0.5, 0.6) is 0 Å². The van der Waals surface area contributed by atoms with Gasteiger partial charge >= 0.3 is 5.97 Å². The molecule has 28 heavy (non-hydrogen) atoms. The minimum Gasteiger partial charge on any atom is -0.477 e. The molecule has 2 aromatic rings. The SMILES string of the molecule is Cc1c(F)c(C23CNCC2NCCO3)cc2c1c(=O)c(C(=O)O)cn2C1CC1. The first-order valence-electron chi connectivity index (χ1n) is 9.64. The maximum atomic E-state index is 15.6. The zero-order valence-corrected chi connectivity index (χ0v) is 15.5. The zero-order chi connectivity index (χ0) is 19.6. The standard InChI is InChI=1S/C20H22FN3O4/c1-10-16-14(24(11-2-3-11)8-12(18(16)25)19(26)27)6-13(17(10)21)20-9-22-7-15(20)23-4-5-28-20/h6,8,11,15,22-23H,2-5,7,9H2,1H3,(H,26,27). The number of morpholine rings is 1. The van der Waals surface area contributed by atoms with Crippen LogP contribution in [0.25, 0.3) is 10.9 Å². The molecule has 3 N–H and O–H groups in total. The lowest BCUT2D eigenvalue weighted by molar-refractivity contribution is -0.0798. The van der Waals surface area contributed by atoms with Crippen molar-refractivity contribution < 1.29 is 19.0 Å². The first-order valence-corrected chi connectivity index (χ1v) is 9.64. The third-order valence-electron chi connectivity index (χ3n) is 6.27. The first-order chi connectivity index (χ1) is 13.4. The Balaban J connectivity index is 1.83. The number of aromatic nitrogens is 1. The van der Waals surface area contributed by atoms with Crippen LogP contribution < -0.4 is 16.1 Å². The van der Waals surface area contributed by atoms with E-state index in [0.29, 0.717) is 37.3 Å². The van der Waals surface area contributed by atoms with Crippen molar-refractivity contribution in [2.45, 2.75) is 37.5 Å². The van der Waals surface area contributed by atoms with Gasteiger partial charge in [-0.2, -0.15) is 0 Å². The number of carboxylic acids is 1. The number of nitrogens with zero attached hydrogens (tertiary/aromatic N) is 1. The fourth-order valence-corrected chi connectivity index (χ4v) is 4.69. The Morgan fingerprint density at radius 3 is 2.93 bits per heavy atom. The predicted molar refractivity (Wildman–Crippen MR) is 100 cm³/mol. The summed E-state index contributed by atoms with van der Waals surface area (Å²) >= 11 is 0. The number of nitrogens with one attached hydrogen (secondary N) is 2. The Hall–Kier alpha value is -2.29. The van der Waals surface area contributed by atoms with Crippen LogP contribution in [0, 0.1) is 12.7 Å². The highest BCUT2D eigenvalue weighted by molar-refractivity contribution is 5.94. The van der Waals surface area contributed by atoms with Crippen LogP contribution in [0.15, 0.2) is 17.1 Å². The van der Waals surface area contributed by atoms with Crippen molar-refractivity contribution in [3.05, 3.63) is 45.0 Å². The van der Waals surface area contributed by atoms with E-state index in [1.165, 1.54) is 6.20 Å². The summed E-state index contributed by atoms with van der Waals surface area (Å²) in [6.45, 7) is 3.88. The van der Waals surface area contributed by atoms with E-state index >= 15 is 4.39 Å². The maximum Gasteiger partial charge on any atom is 0.341 e. The van der Waals surface area contributed by atoms with E-state index in [2.05, 4.69) is 10.6 Å². The fraction of sp³-hybridized carbons (Fsp3) is 0.500. The average molecular weight is 387 g/mol. The van der Waals surface area contributed by atoms with Crippen molar-refractivity contribution in [3.8, 4) is 0 Å². The van der Waals surface area contributed by atoms with E-state index in [4.69, 9.17) is 4.74 Å². The summed E-state index contributed by atoms with van der Waals surface area (Å²) in [5.74, 6) is -1.78. The summed E-state index contributed by atoms with van der Waals surface area (Å²) in [4.78, 5) is 24.4. The predicted octanol–water partition coefficient (Wildman–Crippen LogP) is 1.27. The molecule has 2 saturated heterocycles. The van der Waals surface area contributed by atoms with Crippen molar-refractivity contribution in [3.63, 3.8) is 0 Å². The number of hydrogen-bond donors (Lipinski definition) is 3. The van der Waals surface area contributed by atoms with Crippen LogP contribution in [0.2, 0.25) is 0 Å². The molecule has 5 rings (SSSR count). The van der Waals surface area contributed by atoms with Crippen molar-refractivity contribution in [1.29, 1.82) is 0 Å². The van der Waals surface area contributed by atoms with E-state index in [1.54, 1.807) is 13.0 Å². The number of carboxylic acid groups (broad SMARTS) is 1. The second-order valence-electron chi connectivity index (χ2n) is 7.95. The van der Waals surface area contributed by atoms with Gasteiger partial charge in [-0.1, -0.05) is 0 Å². The lowest BCUT2D eigenvalue weighted by atomic mass is 9.85. The molecule has 0 bridgehead atoms. The van der Waals surface area contributed by atoms with Crippen LogP contribution in [0.1, 0.15) is 40.4 Å². The summed E-state index contributed by atoms with van der Waals surface area (Å²) in [6, 6.07) is 1.78. The number of halogens is 1. The lowest BCUT2D eigenvalue weighted by Gasteiger charge is -2.40. The highest BCUT2D eigenvalue weighted by Crippen LogP contribution is 2.41. The molecule has 2 aliphatic heterocycles. The summed E-state index contributed by atoms with van der Waals surface area (Å²) in [7, 11) is 0. The molecule has 0 spiro atoms. The molecule has 8 heteroatoms. The Bertz CT molecular complexity index is 1060. The molecular weight excluding hydrogens is 365 g/mol. The maximum absolute atomic E-state index is 15.6. The van der Waals surface area contributed by atoms with Crippen molar-refractivity contribution in [1.82, 2.24) is 15.2 Å². The smallest absolute Gasteiger partial charge is 0.341 e. The molecule has 3 heterocycles. The van der Waals surface area contributed by atoms with Gasteiger partial charge in [0.2, 0.25) is 5.43 Å². The summed E-state index contributed by atoms with van der Waals surface area (Å²) in [6.07, 6.45) is 3.24. The first kappa shape index (κ1) is 17.8. The van der Waals surface area contributed by atoms with E-state index in [1.807, 2.05) is 4.57 Å². The molecule has 2 atom stereocenters. The van der Waals surface area contributed by atoms with Crippen LogP contribution in [-0.2, 0) is 10.3 Å². The fourth-order valence-electron chi connectivity index (χ4n) is 4.69. The number of aryl methyl sites for hydroxylation is 1. The largest absolute Gasteiger partial charge is 0.477 e. The second kappa shape index (κ2) is 6.10. The lowest BCUT2D eigenvalue weighted by Crippen LogP contribution is -2.55. The Labute approximate surface area is 160 Å². The molecule has 3 fully saturated rings. The van der Waals surface area contributed by atoms with E-state index in [0.717, 1.165) is 12.8 Å². The molecule has 1 aliphatic carbocycles. The summed E-state index contributed by atoms with van der Waals surface area (Å²) in [5, 5.41) is 16.3. The Morgan fingerprint density at radius 2 is 2.21 bits per heavy atom. The molecule has 1 aromatic carbocycles. The van der Waals surface area contributed by atoms with E-state index in [9.17, 15) is 14.7 Å². The number of hydrogen-bond acceptors (Lipinski definition) is 5. The van der Waals surface area contributed by atoms with Crippen molar-refractivity contribution >= 4 is 16.9 Å². The third-order valence-corrected chi connectivity index (χ3v) is 6.27. The number of fused-ring (bicyclic) bond motifs is 2. The molecule has 1 saturated carbocycles. The number of carbonyl (C=O) groups is 1. The highest BCUT2D eigenvalue weighted by Gasteiger charge is 2.49. The minimum atomic E-state index is -1.29. The molecular formula is C20H22FN3O4. The normalized spacial score (nSPS) is 27.1. The molecule has 1 aromatic heterocycles. The molecule has 3 aliphatic rings. The van der Waals surface area contributed by atoms with Crippen molar-refractivity contribution in [2.24, 2.45) is 0 Å². The van der Waals surface area contributed by atoms with E-state index in [-0.39, 0.29) is 28.6 Å². The van der Waals surface area contributed by atoms with Crippen LogP contribution in [-0.4, -0.2) is 47.9 Å². The van der Waals surface area contributed by atoms with Gasteiger partial charge in [0.05, 0.1) is 23.6 Å². The quantitative estimate of drug-likeness (QED) is 0.735. The summed E-state index contributed by atoms with van der Waals surface area (Å²) < 4.78 is 23.5. The molecule has 0 amide bonds. The van der Waals surface area contributed by atoms with Gasteiger partial charge in [-0.05, 0) is 31.4 Å². The van der Waals surface area contributed by atoms with Gasteiger partial charge in [0.15, 0.2) is 0 Å². The highest BCUT2D eigenvalue weighted by atomic mass is 19.1. The topological polar surface area (TPSA) is 92.6 Å². The number of ether oxygens (including phenoxy) is 1. The van der Waals surface area contributed by atoms with Gasteiger partial charge in [0, 0.05) is 37.4 Å². The Kier molecular flexibility index (Phi) is 3.88. The van der Waals surface area contributed by atoms with Crippen LogP contribution in [0.4, 0.5) is 4.39 Å². The molecule has 7 nitrogen and oxygen atoms in total. The number of aromatic carboxylic acids is 1. The molecule has 0 radical (unpaired) electrons. The number of pyridine rings is 1. The van der Waals surface area contributed by atoms with Gasteiger partial charge in [-0.25, -0.2) is 9.18 Å². The number of rotatable bonds is 3. The monoisotopic (exact) mass is 387 g/mol. The van der Waals surface area contributed by atoms with E-state index < -0.39 is 22.8 Å². The third kappa shape index (κ3) is 2.38. The van der Waals surface area contributed by atoms with Crippen molar-refractivity contribution in [2.75, 3.05) is 26.2 Å². The van der Waals surface area contributed by atoms with Gasteiger partial charge in [0.25, 0.3) is 0 Å². The summed E-state index contributed by atoms with van der Waals surface area (Å²) in [5.41, 5.74) is -0.592. The van der Waals surface area contributed by atoms with Gasteiger partial charge in [-0.3, -0.25) is 4.79 Å². The Morgan fingerprint density at radius 1 is 1.43 bits per heavy atom. The second-order valence-corrected chi connectivity index (χ2v) is 7.95. The van der Waals surface area contributed by atoms with Gasteiger partial charge in [0.1, 0.15) is 17.0 Å². The molecule has 148 valence electrons. The average Bonchev–Trinajstić information content (AvgIpc) is 3.42.